The molecule has 0 aromatic carbocycles. The molecule has 3 N–H and O–H groups in total. The minimum atomic E-state index is 0.0213. The third kappa shape index (κ3) is 2.50. The summed E-state index contributed by atoms with van der Waals surface area (Å²) >= 11 is 0. The zero-order valence-corrected chi connectivity index (χ0v) is 9.87. The summed E-state index contributed by atoms with van der Waals surface area (Å²) in [4.78, 5) is 8.58. The maximum Gasteiger partial charge on any atom is 0.223 e. The molecule has 88 valence electrons. The number of aromatic nitrogens is 2. The van der Waals surface area contributed by atoms with Crippen LogP contribution in [-0.2, 0) is 0 Å². The second kappa shape index (κ2) is 4.78. The van der Waals surface area contributed by atoms with Gasteiger partial charge in [-0.25, -0.2) is 9.97 Å². The first-order valence-electron chi connectivity index (χ1n) is 6.01. The van der Waals surface area contributed by atoms with Crippen molar-refractivity contribution in [2.75, 3.05) is 11.9 Å². The smallest absolute Gasteiger partial charge is 0.223 e. The largest absolute Gasteiger partial charge is 0.348 e. The molecule has 4 heteroatoms. The molecule has 0 amide bonds. The molecule has 1 fully saturated rings. The molecule has 0 radical (unpaired) electrons. The number of aryl methyl sites for hydroxylation is 1. The molecular weight excluding hydrogens is 200 g/mol. The van der Waals surface area contributed by atoms with E-state index in [9.17, 15) is 0 Å². The maximum atomic E-state index is 5.90. The van der Waals surface area contributed by atoms with Crippen LogP contribution in [0.5, 0.6) is 0 Å². The van der Waals surface area contributed by atoms with Crippen LogP contribution in [0.25, 0.3) is 0 Å². The zero-order valence-electron chi connectivity index (χ0n) is 9.87. The Morgan fingerprint density at radius 1 is 1.25 bits per heavy atom. The van der Waals surface area contributed by atoms with E-state index in [0.717, 1.165) is 18.4 Å². The molecule has 0 aliphatic heterocycles. The molecule has 0 spiro atoms. The molecule has 16 heavy (non-hydrogen) atoms. The summed E-state index contributed by atoms with van der Waals surface area (Å²) in [6.45, 7) is 2.65. The summed E-state index contributed by atoms with van der Waals surface area (Å²) in [6.07, 6.45) is 9.73. The van der Waals surface area contributed by atoms with E-state index in [1.165, 1.54) is 19.3 Å². The van der Waals surface area contributed by atoms with Crippen LogP contribution in [0.1, 0.15) is 37.7 Å². The fourth-order valence-electron chi connectivity index (χ4n) is 2.30. The maximum absolute atomic E-state index is 5.90. The zero-order chi connectivity index (χ0) is 11.4. The first kappa shape index (κ1) is 11.3. The Morgan fingerprint density at radius 2 is 1.88 bits per heavy atom. The summed E-state index contributed by atoms with van der Waals surface area (Å²) in [5.41, 5.74) is 7.00. The topological polar surface area (TPSA) is 63.8 Å². The number of nitrogens with one attached hydrogen (secondary N) is 1. The predicted molar refractivity (Wildman–Crippen MR) is 65.3 cm³/mol. The van der Waals surface area contributed by atoms with Crippen molar-refractivity contribution >= 4 is 5.95 Å². The van der Waals surface area contributed by atoms with Crippen LogP contribution in [0.15, 0.2) is 12.4 Å². The number of hydrogen-bond acceptors (Lipinski definition) is 4. The van der Waals surface area contributed by atoms with E-state index in [1.54, 1.807) is 0 Å². The number of anilines is 1. The minimum absolute atomic E-state index is 0.0213. The summed E-state index contributed by atoms with van der Waals surface area (Å²) in [7, 11) is 0. The highest BCUT2D eigenvalue weighted by Crippen LogP contribution is 2.29. The van der Waals surface area contributed by atoms with E-state index in [4.69, 9.17) is 5.73 Å². The van der Waals surface area contributed by atoms with E-state index in [2.05, 4.69) is 15.3 Å². The van der Waals surface area contributed by atoms with Crippen LogP contribution in [-0.4, -0.2) is 22.1 Å². The van der Waals surface area contributed by atoms with Gasteiger partial charge in [-0.1, -0.05) is 19.3 Å². The molecule has 0 bridgehead atoms. The third-order valence-corrected chi connectivity index (χ3v) is 3.36. The molecule has 1 aromatic heterocycles. The summed E-state index contributed by atoms with van der Waals surface area (Å²) in [6, 6.07) is 0. The van der Waals surface area contributed by atoms with Crippen LogP contribution in [0.2, 0.25) is 0 Å². The van der Waals surface area contributed by atoms with Crippen molar-refractivity contribution in [3.05, 3.63) is 18.0 Å². The minimum Gasteiger partial charge on any atom is -0.348 e. The molecular formula is C12H20N4. The molecule has 1 saturated carbocycles. The molecule has 1 aliphatic rings. The van der Waals surface area contributed by atoms with E-state index in [0.29, 0.717) is 12.5 Å². The van der Waals surface area contributed by atoms with Crippen molar-refractivity contribution < 1.29 is 0 Å². The standard InChI is InChI=1S/C12H20N4/c1-10-7-14-11(15-8-10)16-12(9-13)5-3-2-4-6-12/h7-8H,2-6,9,13H2,1H3,(H,14,15,16). The molecule has 2 rings (SSSR count). The van der Waals surface area contributed by atoms with Gasteiger partial charge in [0.1, 0.15) is 0 Å². The lowest BCUT2D eigenvalue weighted by atomic mass is 9.82. The lowest BCUT2D eigenvalue weighted by Gasteiger charge is -2.37. The molecule has 4 nitrogen and oxygen atoms in total. The van der Waals surface area contributed by atoms with Gasteiger partial charge in [-0.15, -0.1) is 0 Å². The molecule has 0 saturated heterocycles. The van der Waals surface area contributed by atoms with Crippen LogP contribution in [0.3, 0.4) is 0 Å². The van der Waals surface area contributed by atoms with Gasteiger partial charge < -0.3 is 11.1 Å². The Balaban J connectivity index is 2.08. The second-order valence-electron chi connectivity index (χ2n) is 4.75. The lowest BCUT2D eigenvalue weighted by molar-refractivity contribution is 0.329. The van der Waals surface area contributed by atoms with Crippen molar-refractivity contribution in [2.24, 2.45) is 5.73 Å². The van der Waals surface area contributed by atoms with Gasteiger partial charge in [-0.05, 0) is 25.3 Å². The molecule has 0 atom stereocenters. The summed E-state index contributed by atoms with van der Waals surface area (Å²) < 4.78 is 0. The average Bonchev–Trinajstić information content (AvgIpc) is 2.33. The number of rotatable bonds is 3. The van der Waals surface area contributed by atoms with Crippen molar-refractivity contribution in [1.29, 1.82) is 0 Å². The normalized spacial score (nSPS) is 19.4. The molecule has 0 unspecified atom stereocenters. The first-order valence-corrected chi connectivity index (χ1v) is 6.01. The third-order valence-electron chi connectivity index (χ3n) is 3.36. The van der Waals surface area contributed by atoms with E-state index in [1.807, 2.05) is 19.3 Å². The van der Waals surface area contributed by atoms with Crippen molar-refractivity contribution in [3.8, 4) is 0 Å². The summed E-state index contributed by atoms with van der Waals surface area (Å²) in [5, 5.41) is 3.42. The van der Waals surface area contributed by atoms with Crippen LogP contribution in [0, 0.1) is 6.92 Å². The highest BCUT2D eigenvalue weighted by atomic mass is 15.1. The first-order chi connectivity index (χ1) is 7.74. The summed E-state index contributed by atoms with van der Waals surface area (Å²) in [5.74, 6) is 0.706. The van der Waals surface area contributed by atoms with Gasteiger partial charge in [0, 0.05) is 18.9 Å². The molecule has 1 aliphatic carbocycles. The Kier molecular flexibility index (Phi) is 3.39. The Hall–Kier alpha value is -1.16. The van der Waals surface area contributed by atoms with E-state index >= 15 is 0 Å². The predicted octanol–water partition coefficient (Wildman–Crippen LogP) is 1.86. The quantitative estimate of drug-likeness (QED) is 0.816. The Morgan fingerprint density at radius 3 is 2.44 bits per heavy atom. The van der Waals surface area contributed by atoms with Crippen LogP contribution in [0.4, 0.5) is 5.95 Å². The fourth-order valence-corrected chi connectivity index (χ4v) is 2.30. The average molecular weight is 220 g/mol. The van der Waals surface area contributed by atoms with Crippen molar-refractivity contribution in [2.45, 2.75) is 44.6 Å². The SMILES string of the molecule is Cc1cnc(NC2(CN)CCCCC2)nc1. The molecule has 1 heterocycles. The van der Waals surface area contributed by atoms with Gasteiger partial charge in [0.25, 0.3) is 0 Å². The Labute approximate surface area is 96.7 Å². The van der Waals surface area contributed by atoms with Crippen molar-refractivity contribution in [3.63, 3.8) is 0 Å². The van der Waals surface area contributed by atoms with Gasteiger partial charge in [0.15, 0.2) is 0 Å². The molecule has 1 aromatic rings. The highest BCUT2D eigenvalue weighted by Gasteiger charge is 2.30. The van der Waals surface area contributed by atoms with Gasteiger partial charge >= 0.3 is 0 Å². The van der Waals surface area contributed by atoms with Gasteiger partial charge in [0.05, 0.1) is 5.54 Å². The van der Waals surface area contributed by atoms with Crippen LogP contribution >= 0.6 is 0 Å². The lowest BCUT2D eigenvalue weighted by Crippen LogP contribution is -2.47. The van der Waals surface area contributed by atoms with E-state index < -0.39 is 0 Å². The highest BCUT2D eigenvalue weighted by molar-refractivity contribution is 5.30. The second-order valence-corrected chi connectivity index (χ2v) is 4.75. The number of hydrogen-bond donors (Lipinski definition) is 2. The Bertz CT molecular complexity index is 327. The van der Waals surface area contributed by atoms with Gasteiger partial charge in [-0.3, -0.25) is 0 Å². The van der Waals surface area contributed by atoms with E-state index in [-0.39, 0.29) is 5.54 Å². The van der Waals surface area contributed by atoms with Crippen molar-refractivity contribution in [1.82, 2.24) is 9.97 Å². The van der Waals surface area contributed by atoms with Gasteiger partial charge in [0.2, 0.25) is 5.95 Å². The monoisotopic (exact) mass is 220 g/mol. The number of nitrogens with two attached hydrogens (primary N) is 1. The van der Waals surface area contributed by atoms with Gasteiger partial charge in [-0.2, -0.15) is 0 Å². The fraction of sp³-hybridized carbons (Fsp3) is 0.667. The number of nitrogens with zero attached hydrogens (tertiary/aromatic N) is 2. The van der Waals surface area contributed by atoms with Crippen LogP contribution < -0.4 is 11.1 Å².